The van der Waals surface area contributed by atoms with Crippen LogP contribution in [-0.4, -0.2) is 5.91 Å². The van der Waals surface area contributed by atoms with Crippen LogP contribution in [0.15, 0.2) is 29.2 Å². The fraction of sp³-hybridized carbons (Fsp3) is 0. The average molecular weight is 152 g/mol. The van der Waals surface area contributed by atoms with Gasteiger partial charge in [-0.25, -0.2) is 0 Å². The standard InChI is InChI=1S/C7H6NOS/c8-7(9)5-3-1-2-4-6(5)10/h1-4H,(H2,8,9). The molecule has 1 amide bonds. The third kappa shape index (κ3) is 1.25. The predicted octanol–water partition coefficient (Wildman–Crippen LogP) is 1.34. The Morgan fingerprint density at radius 2 is 2.00 bits per heavy atom. The van der Waals surface area contributed by atoms with Crippen LogP contribution in [0.4, 0.5) is 0 Å². The van der Waals surface area contributed by atoms with Crippen molar-refractivity contribution >= 4 is 18.5 Å². The molecule has 0 aliphatic carbocycles. The lowest BCUT2D eigenvalue weighted by atomic mass is 10.2. The molecule has 0 aliphatic rings. The van der Waals surface area contributed by atoms with E-state index >= 15 is 0 Å². The molecule has 3 heteroatoms. The second-order valence-corrected chi connectivity index (χ2v) is 2.30. The van der Waals surface area contributed by atoms with Crippen LogP contribution >= 0.6 is 12.6 Å². The Morgan fingerprint density at radius 3 is 2.40 bits per heavy atom. The van der Waals surface area contributed by atoms with Gasteiger partial charge in [-0.2, -0.15) is 0 Å². The molecular weight excluding hydrogens is 146 g/mol. The zero-order valence-electron chi connectivity index (χ0n) is 5.20. The van der Waals surface area contributed by atoms with E-state index < -0.39 is 5.91 Å². The van der Waals surface area contributed by atoms with E-state index in [9.17, 15) is 4.79 Å². The van der Waals surface area contributed by atoms with Crippen LogP contribution in [-0.2, 0) is 0 Å². The molecule has 0 aliphatic heterocycles. The molecular formula is C7H6NOS. The summed E-state index contributed by atoms with van der Waals surface area (Å²) in [7, 11) is 0. The van der Waals surface area contributed by atoms with Crippen molar-refractivity contribution in [1.29, 1.82) is 0 Å². The van der Waals surface area contributed by atoms with Crippen molar-refractivity contribution < 1.29 is 4.79 Å². The quantitative estimate of drug-likeness (QED) is 0.648. The molecule has 0 heterocycles. The van der Waals surface area contributed by atoms with Crippen molar-refractivity contribution in [3.63, 3.8) is 0 Å². The molecule has 1 rings (SSSR count). The van der Waals surface area contributed by atoms with Crippen molar-refractivity contribution in [3.8, 4) is 0 Å². The highest BCUT2D eigenvalue weighted by Gasteiger charge is 2.02. The van der Waals surface area contributed by atoms with Crippen LogP contribution in [0.2, 0.25) is 0 Å². The smallest absolute Gasteiger partial charge is 0.250 e. The first-order valence-electron chi connectivity index (χ1n) is 2.77. The molecule has 0 aromatic heterocycles. The third-order valence-corrected chi connectivity index (χ3v) is 1.51. The molecule has 1 aromatic rings. The van der Waals surface area contributed by atoms with Gasteiger partial charge in [0.05, 0.1) is 10.5 Å². The lowest BCUT2D eigenvalue weighted by Gasteiger charge is -1.95. The van der Waals surface area contributed by atoms with E-state index in [-0.39, 0.29) is 0 Å². The minimum atomic E-state index is -0.467. The topological polar surface area (TPSA) is 43.1 Å². The van der Waals surface area contributed by atoms with Gasteiger partial charge in [-0.15, -0.1) is 0 Å². The Hall–Kier alpha value is -1.09. The van der Waals surface area contributed by atoms with Crippen LogP contribution in [0.3, 0.4) is 0 Å². The molecule has 0 saturated heterocycles. The Kier molecular flexibility index (Phi) is 1.87. The van der Waals surface area contributed by atoms with E-state index in [4.69, 9.17) is 18.4 Å². The number of benzene rings is 1. The largest absolute Gasteiger partial charge is 0.366 e. The summed E-state index contributed by atoms with van der Waals surface area (Å²) in [5.74, 6) is -0.467. The Balaban J connectivity index is 3.15. The maximum absolute atomic E-state index is 10.6. The van der Waals surface area contributed by atoms with Crippen molar-refractivity contribution in [2.24, 2.45) is 5.73 Å². The molecule has 0 atom stereocenters. The highest BCUT2D eigenvalue weighted by Crippen LogP contribution is 2.10. The van der Waals surface area contributed by atoms with Crippen LogP contribution < -0.4 is 5.73 Å². The molecule has 2 nitrogen and oxygen atoms in total. The molecule has 0 saturated carbocycles. The Morgan fingerprint density at radius 1 is 1.40 bits per heavy atom. The normalized spacial score (nSPS) is 9.20. The molecule has 0 unspecified atom stereocenters. The van der Waals surface area contributed by atoms with E-state index in [0.29, 0.717) is 10.5 Å². The van der Waals surface area contributed by atoms with Crippen LogP contribution in [0.1, 0.15) is 10.4 Å². The van der Waals surface area contributed by atoms with E-state index in [0.717, 1.165) is 0 Å². The molecule has 0 fully saturated rings. The van der Waals surface area contributed by atoms with Crippen molar-refractivity contribution in [3.05, 3.63) is 29.8 Å². The monoisotopic (exact) mass is 152 g/mol. The second kappa shape index (κ2) is 2.66. The molecule has 0 bridgehead atoms. The molecule has 1 aromatic carbocycles. The summed E-state index contributed by atoms with van der Waals surface area (Å²) in [5, 5.41) is 0. The third-order valence-electron chi connectivity index (χ3n) is 1.15. The summed E-state index contributed by atoms with van der Waals surface area (Å²) in [6.07, 6.45) is 0. The summed E-state index contributed by atoms with van der Waals surface area (Å²) in [6.45, 7) is 0. The van der Waals surface area contributed by atoms with E-state index in [1.54, 1.807) is 24.3 Å². The molecule has 1 radical (unpaired) electrons. The number of rotatable bonds is 1. The summed E-state index contributed by atoms with van der Waals surface area (Å²) in [5.41, 5.74) is 5.42. The van der Waals surface area contributed by atoms with Gasteiger partial charge >= 0.3 is 0 Å². The Bertz CT molecular complexity index is 260. The van der Waals surface area contributed by atoms with Crippen molar-refractivity contribution in [1.82, 2.24) is 0 Å². The molecule has 51 valence electrons. The zero-order valence-corrected chi connectivity index (χ0v) is 6.02. The van der Waals surface area contributed by atoms with E-state index in [1.165, 1.54) is 0 Å². The highest BCUT2D eigenvalue weighted by molar-refractivity contribution is 7.80. The summed E-state index contributed by atoms with van der Waals surface area (Å²) < 4.78 is 0. The number of carbonyl (C=O) groups excluding carboxylic acids is 1. The fourth-order valence-electron chi connectivity index (χ4n) is 0.670. The maximum Gasteiger partial charge on any atom is 0.250 e. The highest BCUT2D eigenvalue weighted by atomic mass is 32.1. The van der Waals surface area contributed by atoms with Gasteiger partial charge < -0.3 is 5.73 Å². The number of carbonyl (C=O) groups is 1. The second-order valence-electron chi connectivity index (χ2n) is 1.86. The SMILES string of the molecule is NC(=O)c1ccccc1[S]. The number of primary amides is 1. The van der Waals surface area contributed by atoms with Gasteiger partial charge in [0.2, 0.25) is 5.91 Å². The zero-order chi connectivity index (χ0) is 7.56. The van der Waals surface area contributed by atoms with Crippen molar-refractivity contribution in [2.75, 3.05) is 0 Å². The first-order valence-corrected chi connectivity index (χ1v) is 3.18. The average Bonchev–Trinajstić information content (AvgIpc) is 1.88. The summed E-state index contributed by atoms with van der Waals surface area (Å²) >= 11 is 4.83. The first-order chi connectivity index (χ1) is 4.72. The van der Waals surface area contributed by atoms with Gasteiger partial charge in [0.25, 0.3) is 0 Å². The van der Waals surface area contributed by atoms with E-state index in [1.807, 2.05) is 0 Å². The van der Waals surface area contributed by atoms with Gasteiger partial charge in [0.1, 0.15) is 0 Å². The van der Waals surface area contributed by atoms with Gasteiger partial charge in [-0.05, 0) is 12.1 Å². The minimum absolute atomic E-state index is 0.414. The molecule has 10 heavy (non-hydrogen) atoms. The maximum atomic E-state index is 10.6. The summed E-state index contributed by atoms with van der Waals surface area (Å²) in [6, 6.07) is 6.80. The molecule has 0 spiro atoms. The van der Waals surface area contributed by atoms with E-state index in [2.05, 4.69) is 0 Å². The summed E-state index contributed by atoms with van der Waals surface area (Å²) in [4.78, 5) is 11.1. The number of nitrogens with two attached hydrogens (primary N) is 1. The number of hydrogen-bond donors (Lipinski definition) is 1. The first kappa shape index (κ1) is 7.02. The lowest BCUT2D eigenvalue weighted by Crippen LogP contribution is -2.11. The van der Waals surface area contributed by atoms with Gasteiger partial charge in [-0.1, -0.05) is 24.8 Å². The molecule has 2 N–H and O–H groups in total. The number of hydrogen-bond acceptors (Lipinski definition) is 1. The van der Waals surface area contributed by atoms with Crippen LogP contribution in [0.25, 0.3) is 0 Å². The van der Waals surface area contributed by atoms with Gasteiger partial charge in [-0.3, -0.25) is 4.79 Å². The van der Waals surface area contributed by atoms with Crippen LogP contribution in [0, 0.1) is 0 Å². The lowest BCUT2D eigenvalue weighted by molar-refractivity contribution is 0.0997. The van der Waals surface area contributed by atoms with Crippen LogP contribution in [0.5, 0.6) is 0 Å². The fourth-order valence-corrected chi connectivity index (χ4v) is 0.917. The minimum Gasteiger partial charge on any atom is -0.366 e. The Labute approximate surface area is 64.5 Å². The predicted molar refractivity (Wildman–Crippen MR) is 40.8 cm³/mol. The number of amides is 1. The van der Waals surface area contributed by atoms with Gasteiger partial charge in [0, 0.05) is 0 Å². The van der Waals surface area contributed by atoms with Gasteiger partial charge in [0.15, 0.2) is 0 Å². The van der Waals surface area contributed by atoms with Crippen molar-refractivity contribution in [2.45, 2.75) is 4.90 Å².